The Morgan fingerprint density at radius 2 is 1.91 bits per heavy atom. The Hall–Kier alpha value is -1.05. The van der Waals surface area contributed by atoms with Gasteiger partial charge in [-0.05, 0) is 36.8 Å². The van der Waals surface area contributed by atoms with Gasteiger partial charge in [-0.3, -0.25) is 0 Å². The van der Waals surface area contributed by atoms with Gasteiger partial charge in [0, 0.05) is 13.1 Å². The Morgan fingerprint density at radius 3 is 2.77 bits per heavy atom. The van der Waals surface area contributed by atoms with Crippen molar-refractivity contribution in [1.29, 1.82) is 0 Å². The Kier molecular flexibility index (Phi) is 3.66. The van der Waals surface area contributed by atoms with Crippen molar-refractivity contribution in [2.75, 3.05) is 13.1 Å². The van der Waals surface area contributed by atoms with Crippen LogP contribution < -0.4 is 0 Å². The third kappa shape index (κ3) is 2.35. The van der Waals surface area contributed by atoms with Crippen LogP contribution >= 0.6 is 11.7 Å². The summed E-state index contributed by atoms with van der Waals surface area (Å²) >= 11 is 1.07. The summed E-state index contributed by atoms with van der Waals surface area (Å²) in [4.78, 5) is 0.313. The molecule has 1 aliphatic heterocycles. The van der Waals surface area contributed by atoms with Crippen LogP contribution in [0, 0.1) is 11.8 Å². The van der Waals surface area contributed by atoms with Crippen LogP contribution in [0.2, 0.25) is 0 Å². The fraction of sp³-hybridized carbons (Fsp3) is 0.600. The average Bonchev–Trinajstić information content (AvgIpc) is 3.02. The molecule has 0 amide bonds. The van der Waals surface area contributed by atoms with Crippen LogP contribution in [0.4, 0.5) is 0 Å². The molecule has 0 unspecified atom stereocenters. The van der Waals surface area contributed by atoms with E-state index in [1.165, 1.54) is 25.7 Å². The summed E-state index contributed by atoms with van der Waals surface area (Å²) in [6.45, 7) is 1.30. The van der Waals surface area contributed by atoms with E-state index in [-0.39, 0.29) is 0 Å². The lowest BCUT2D eigenvalue weighted by Gasteiger charge is -2.40. The standard InChI is InChI=1S/C15H19N3O2S2/c19-22(20,14-7-3-6-13-15(14)17-21-16-13)18-9-8-11-4-1-2-5-12(11)10-18/h3,6-7,11-12H,1-2,4-5,8-10H2/t11-,12-/m1/s1. The molecular formula is C15H19N3O2S2. The summed E-state index contributed by atoms with van der Waals surface area (Å²) in [7, 11) is -3.47. The van der Waals surface area contributed by atoms with Crippen molar-refractivity contribution in [1.82, 2.24) is 13.1 Å². The molecule has 1 saturated carbocycles. The molecule has 2 fully saturated rings. The maximum absolute atomic E-state index is 13.0. The highest BCUT2D eigenvalue weighted by atomic mass is 32.2. The van der Waals surface area contributed by atoms with Crippen LogP contribution in [0.5, 0.6) is 0 Å². The normalized spacial score (nSPS) is 26.9. The number of benzene rings is 1. The predicted octanol–water partition coefficient (Wildman–Crippen LogP) is 2.89. The van der Waals surface area contributed by atoms with E-state index in [9.17, 15) is 8.42 Å². The molecule has 22 heavy (non-hydrogen) atoms. The minimum atomic E-state index is -3.47. The second-order valence-electron chi connectivity index (χ2n) is 6.34. The number of hydrogen-bond acceptors (Lipinski definition) is 5. The summed E-state index contributed by atoms with van der Waals surface area (Å²) in [5.74, 6) is 1.25. The van der Waals surface area contributed by atoms with E-state index in [1.54, 1.807) is 16.4 Å². The van der Waals surface area contributed by atoms with Crippen molar-refractivity contribution in [2.24, 2.45) is 11.8 Å². The highest BCUT2D eigenvalue weighted by molar-refractivity contribution is 7.89. The number of piperidine rings is 1. The van der Waals surface area contributed by atoms with Gasteiger partial charge in [-0.15, -0.1) is 0 Å². The topological polar surface area (TPSA) is 63.2 Å². The zero-order valence-electron chi connectivity index (χ0n) is 12.3. The molecule has 5 nitrogen and oxygen atoms in total. The first-order chi connectivity index (χ1) is 10.7. The predicted molar refractivity (Wildman–Crippen MR) is 86.2 cm³/mol. The first-order valence-electron chi connectivity index (χ1n) is 7.88. The van der Waals surface area contributed by atoms with E-state index in [4.69, 9.17) is 0 Å². The van der Waals surface area contributed by atoms with Crippen molar-refractivity contribution in [3.63, 3.8) is 0 Å². The van der Waals surface area contributed by atoms with Crippen LogP contribution in [0.3, 0.4) is 0 Å². The number of fused-ring (bicyclic) bond motifs is 2. The lowest BCUT2D eigenvalue weighted by Crippen LogP contribution is -2.44. The van der Waals surface area contributed by atoms with E-state index in [0.717, 1.165) is 24.1 Å². The van der Waals surface area contributed by atoms with Gasteiger partial charge in [0.1, 0.15) is 15.9 Å². The van der Waals surface area contributed by atoms with Gasteiger partial charge in [0.2, 0.25) is 10.0 Å². The maximum Gasteiger partial charge on any atom is 0.245 e. The lowest BCUT2D eigenvalue weighted by atomic mass is 9.76. The summed E-state index contributed by atoms with van der Waals surface area (Å²) in [6.07, 6.45) is 5.97. The monoisotopic (exact) mass is 337 g/mol. The van der Waals surface area contributed by atoms with Gasteiger partial charge in [0.25, 0.3) is 0 Å². The van der Waals surface area contributed by atoms with Crippen LogP contribution in [-0.2, 0) is 10.0 Å². The minimum absolute atomic E-state index is 0.313. The summed E-state index contributed by atoms with van der Waals surface area (Å²) in [5, 5.41) is 0. The fourth-order valence-electron chi connectivity index (χ4n) is 3.91. The molecule has 1 saturated heterocycles. The third-order valence-corrected chi connectivity index (χ3v) is 7.56. The van der Waals surface area contributed by atoms with Gasteiger partial charge in [-0.2, -0.15) is 13.1 Å². The second kappa shape index (κ2) is 5.54. The Morgan fingerprint density at radius 1 is 1.09 bits per heavy atom. The van der Waals surface area contributed by atoms with Gasteiger partial charge in [-0.25, -0.2) is 8.42 Å². The molecule has 0 bridgehead atoms. The second-order valence-corrected chi connectivity index (χ2v) is 8.78. The smallest absolute Gasteiger partial charge is 0.207 e. The van der Waals surface area contributed by atoms with Gasteiger partial charge in [-0.1, -0.05) is 25.3 Å². The summed E-state index contributed by atoms with van der Waals surface area (Å²) in [6, 6.07) is 5.22. The van der Waals surface area contributed by atoms with Crippen LogP contribution in [0.15, 0.2) is 23.1 Å². The highest BCUT2D eigenvalue weighted by Crippen LogP contribution is 2.38. The third-order valence-electron chi connectivity index (χ3n) is 5.12. The Balaban J connectivity index is 1.67. The molecule has 0 N–H and O–H groups in total. The molecule has 0 radical (unpaired) electrons. The van der Waals surface area contributed by atoms with Crippen molar-refractivity contribution < 1.29 is 8.42 Å². The van der Waals surface area contributed by atoms with Crippen molar-refractivity contribution in [3.8, 4) is 0 Å². The first-order valence-corrected chi connectivity index (χ1v) is 10.0. The molecule has 1 aliphatic carbocycles. The lowest BCUT2D eigenvalue weighted by molar-refractivity contribution is 0.136. The van der Waals surface area contributed by atoms with Crippen molar-refractivity contribution >= 4 is 32.8 Å². The highest BCUT2D eigenvalue weighted by Gasteiger charge is 2.37. The van der Waals surface area contributed by atoms with Crippen LogP contribution in [0.25, 0.3) is 11.0 Å². The summed E-state index contributed by atoms with van der Waals surface area (Å²) < 4.78 is 36.1. The molecule has 0 spiro atoms. The van der Waals surface area contributed by atoms with Crippen LogP contribution in [-0.4, -0.2) is 34.6 Å². The first kappa shape index (κ1) is 14.5. The molecule has 1 aromatic heterocycles. The maximum atomic E-state index is 13.0. The molecule has 2 atom stereocenters. The average molecular weight is 337 g/mol. The SMILES string of the molecule is O=S(=O)(c1cccc2nsnc12)N1CC[C@H]2CCCC[C@@H]2C1. The number of nitrogens with zero attached hydrogens (tertiary/aromatic N) is 3. The number of aromatic nitrogens is 2. The van der Waals surface area contributed by atoms with Crippen molar-refractivity contribution in [2.45, 2.75) is 37.0 Å². The van der Waals surface area contributed by atoms with E-state index in [0.29, 0.717) is 34.9 Å². The molecule has 2 aromatic rings. The van der Waals surface area contributed by atoms with Crippen molar-refractivity contribution in [3.05, 3.63) is 18.2 Å². The Bertz CT molecular complexity index is 787. The van der Waals surface area contributed by atoms with Gasteiger partial charge in [0.05, 0.1) is 11.7 Å². The van der Waals surface area contributed by atoms with Gasteiger partial charge < -0.3 is 0 Å². The zero-order chi connectivity index (χ0) is 15.2. The van der Waals surface area contributed by atoms with Gasteiger partial charge in [0.15, 0.2) is 0 Å². The number of rotatable bonds is 2. The van der Waals surface area contributed by atoms with E-state index < -0.39 is 10.0 Å². The molecule has 2 aliphatic rings. The van der Waals surface area contributed by atoms with Gasteiger partial charge >= 0.3 is 0 Å². The van der Waals surface area contributed by atoms with E-state index in [1.807, 2.05) is 6.07 Å². The largest absolute Gasteiger partial charge is 0.245 e. The molecule has 7 heteroatoms. The molecule has 1 aromatic carbocycles. The molecule has 2 heterocycles. The van der Waals surface area contributed by atoms with Crippen LogP contribution in [0.1, 0.15) is 32.1 Å². The zero-order valence-corrected chi connectivity index (χ0v) is 13.9. The number of hydrogen-bond donors (Lipinski definition) is 0. The molecule has 118 valence electrons. The number of sulfonamides is 1. The van der Waals surface area contributed by atoms with E-state index in [2.05, 4.69) is 8.75 Å². The molecule has 4 rings (SSSR count). The minimum Gasteiger partial charge on any atom is -0.207 e. The fourth-order valence-corrected chi connectivity index (χ4v) is 6.18. The quantitative estimate of drug-likeness (QED) is 0.845. The summed E-state index contributed by atoms with van der Waals surface area (Å²) in [5.41, 5.74) is 1.18. The van der Waals surface area contributed by atoms with E-state index >= 15 is 0 Å². The Labute approximate surface area is 134 Å². The molecular weight excluding hydrogens is 318 g/mol.